The number of benzene rings is 1. The van der Waals surface area contributed by atoms with Crippen molar-refractivity contribution in [2.45, 2.75) is 64.0 Å². The zero-order chi connectivity index (χ0) is 25.5. The number of likely N-dealkylation sites (N-methyl/N-ethyl adjacent to an activating group) is 1. The van der Waals surface area contributed by atoms with E-state index in [2.05, 4.69) is 45.1 Å². The molecule has 0 aromatic heterocycles. The molecular weight excluding hydrogens is 434 g/mol. The van der Waals surface area contributed by atoms with Crippen molar-refractivity contribution in [3.63, 3.8) is 0 Å². The van der Waals surface area contributed by atoms with E-state index in [4.69, 9.17) is 14.6 Å². The summed E-state index contributed by atoms with van der Waals surface area (Å²) in [5, 5.41) is 9.90. The molecule has 1 heterocycles. The fraction of sp³-hybridized carbons (Fsp3) is 0.654. The molecule has 8 nitrogen and oxygen atoms in total. The van der Waals surface area contributed by atoms with Crippen LogP contribution in [0, 0.1) is 11.8 Å². The number of carbonyl (C=O) groups excluding carboxylic acids is 2. The lowest BCUT2D eigenvalue weighted by Gasteiger charge is -2.40. The molecule has 0 bridgehead atoms. The third-order valence-electron chi connectivity index (χ3n) is 6.98. The quantitative estimate of drug-likeness (QED) is 0.613. The zero-order valence-corrected chi connectivity index (χ0v) is 21.4. The van der Waals surface area contributed by atoms with Gasteiger partial charge < -0.3 is 25.0 Å². The molecule has 1 saturated heterocycles. The lowest BCUT2D eigenvalue weighted by molar-refractivity contribution is -0.132. The number of para-hydroxylation sites is 1. The Balaban J connectivity index is 0.00000129. The molecule has 0 unspecified atom stereocenters. The van der Waals surface area contributed by atoms with E-state index in [0.29, 0.717) is 17.9 Å². The van der Waals surface area contributed by atoms with E-state index in [1.807, 2.05) is 29.2 Å². The first kappa shape index (κ1) is 27.8. The first-order valence-corrected chi connectivity index (χ1v) is 12.0. The Bertz CT molecular complexity index is 836. The van der Waals surface area contributed by atoms with Crippen LogP contribution in [0.3, 0.4) is 0 Å². The maximum Gasteiger partial charge on any atom is 0.290 e. The molecule has 4 atom stereocenters. The Morgan fingerprint density at radius 3 is 2.29 bits per heavy atom. The second kappa shape index (κ2) is 12.3. The van der Waals surface area contributed by atoms with Crippen LogP contribution in [-0.2, 0) is 24.5 Å². The fourth-order valence-corrected chi connectivity index (χ4v) is 5.23. The van der Waals surface area contributed by atoms with Gasteiger partial charge >= 0.3 is 0 Å². The van der Waals surface area contributed by atoms with E-state index in [1.165, 1.54) is 0 Å². The van der Waals surface area contributed by atoms with Crippen LogP contribution in [0.1, 0.15) is 52.0 Å². The van der Waals surface area contributed by atoms with Crippen molar-refractivity contribution < 1.29 is 24.2 Å². The summed E-state index contributed by atoms with van der Waals surface area (Å²) in [5.41, 5.74) is 1.87. The molecule has 1 saturated carbocycles. The molecule has 2 N–H and O–H groups in total. The molecular formula is C26H41N3O5. The normalized spacial score (nSPS) is 24.1. The van der Waals surface area contributed by atoms with Crippen LogP contribution < -0.4 is 5.32 Å². The highest BCUT2D eigenvalue weighted by molar-refractivity contribution is 5.94. The van der Waals surface area contributed by atoms with E-state index < -0.39 is 0 Å². The third-order valence-corrected chi connectivity index (χ3v) is 6.98. The second-order valence-electron chi connectivity index (χ2n) is 10.5. The molecule has 1 aliphatic carbocycles. The van der Waals surface area contributed by atoms with Gasteiger partial charge in [0.05, 0.1) is 6.10 Å². The van der Waals surface area contributed by atoms with Crippen molar-refractivity contribution in [2.24, 2.45) is 11.8 Å². The van der Waals surface area contributed by atoms with Gasteiger partial charge in [0, 0.05) is 44.8 Å². The maximum absolute atomic E-state index is 12.8. The number of carboxylic acid groups (broad SMARTS) is 1. The van der Waals surface area contributed by atoms with E-state index in [-0.39, 0.29) is 42.6 Å². The minimum atomic E-state index is -0.250. The van der Waals surface area contributed by atoms with Gasteiger partial charge in [0.15, 0.2) is 0 Å². The monoisotopic (exact) mass is 475 g/mol. The number of hydrogen-bond donors (Lipinski definition) is 2. The molecule has 0 radical (unpaired) electrons. The van der Waals surface area contributed by atoms with Gasteiger partial charge in [-0.05, 0) is 55.8 Å². The van der Waals surface area contributed by atoms with Gasteiger partial charge in [0.1, 0.15) is 0 Å². The summed E-state index contributed by atoms with van der Waals surface area (Å²) in [6, 6.07) is 8.28. The lowest BCUT2D eigenvalue weighted by atomic mass is 9.77. The average Bonchev–Trinajstić information content (AvgIpc) is 3.20. The van der Waals surface area contributed by atoms with Gasteiger partial charge in [0.25, 0.3) is 6.47 Å². The maximum atomic E-state index is 12.8. The van der Waals surface area contributed by atoms with Crippen molar-refractivity contribution in [1.29, 1.82) is 0 Å². The predicted molar refractivity (Wildman–Crippen MR) is 133 cm³/mol. The number of hydrogen-bond acceptors (Lipinski definition) is 5. The van der Waals surface area contributed by atoms with Crippen molar-refractivity contribution >= 4 is 24.0 Å². The Kier molecular flexibility index (Phi) is 10.1. The number of nitrogens with zero attached hydrogens (tertiary/aromatic N) is 2. The number of likely N-dealkylation sites (tertiary alicyclic amines) is 1. The summed E-state index contributed by atoms with van der Waals surface area (Å²) >= 11 is 0. The number of carbonyl (C=O) groups is 3. The number of amides is 2. The van der Waals surface area contributed by atoms with Gasteiger partial charge in [-0.25, -0.2) is 0 Å². The van der Waals surface area contributed by atoms with Crippen molar-refractivity contribution in [3.8, 4) is 0 Å². The van der Waals surface area contributed by atoms with Gasteiger partial charge in [0.2, 0.25) is 11.8 Å². The van der Waals surface area contributed by atoms with Crippen LogP contribution in [0.25, 0.3) is 0 Å². The standard InChI is InChI=1S/C25H39N3O3.CH2O2/c1-25(2,3)19-9-7-8-10-20(19)26-23(29)11-12-24(30)28-15-17-13-21(27(4)5)22(31-6)14-18(17)16-28;2-1-3/h7-10,17-18,21-22H,11-16H2,1-6H3,(H,26,29);1H,(H,2,3)/t17-,18+,21-,22-;/m1./s1. The van der Waals surface area contributed by atoms with Crippen molar-refractivity contribution in [1.82, 2.24) is 9.80 Å². The van der Waals surface area contributed by atoms with E-state index in [0.717, 1.165) is 37.2 Å². The largest absolute Gasteiger partial charge is 0.483 e. The van der Waals surface area contributed by atoms with Crippen LogP contribution in [0.15, 0.2) is 24.3 Å². The van der Waals surface area contributed by atoms with E-state index >= 15 is 0 Å². The van der Waals surface area contributed by atoms with Gasteiger partial charge in [-0.1, -0.05) is 39.0 Å². The predicted octanol–water partition coefficient (Wildman–Crippen LogP) is 3.22. The summed E-state index contributed by atoms with van der Waals surface area (Å²) in [4.78, 5) is 38.0. The molecule has 34 heavy (non-hydrogen) atoms. The SMILES string of the molecule is CO[C@@H]1C[C@H]2CN(C(=O)CCC(=O)Nc3ccccc3C(C)(C)C)C[C@H]2C[C@H]1N(C)C.O=CO. The summed E-state index contributed by atoms with van der Waals surface area (Å²) in [6.45, 7) is 7.73. The summed E-state index contributed by atoms with van der Waals surface area (Å²) in [6.07, 6.45) is 2.75. The zero-order valence-electron chi connectivity index (χ0n) is 21.4. The number of anilines is 1. The smallest absolute Gasteiger partial charge is 0.290 e. The van der Waals surface area contributed by atoms with Crippen LogP contribution >= 0.6 is 0 Å². The van der Waals surface area contributed by atoms with Crippen molar-refractivity contribution in [3.05, 3.63) is 29.8 Å². The van der Waals surface area contributed by atoms with Gasteiger partial charge in [-0.15, -0.1) is 0 Å². The average molecular weight is 476 g/mol. The highest BCUT2D eigenvalue weighted by Crippen LogP contribution is 2.39. The van der Waals surface area contributed by atoms with Crippen LogP contribution in [0.2, 0.25) is 0 Å². The molecule has 3 rings (SSSR count). The minimum absolute atomic E-state index is 0.0595. The number of methoxy groups -OCH3 is 1. The minimum Gasteiger partial charge on any atom is -0.483 e. The second-order valence-corrected chi connectivity index (χ2v) is 10.5. The first-order chi connectivity index (χ1) is 16.0. The summed E-state index contributed by atoms with van der Waals surface area (Å²) in [7, 11) is 5.99. The molecule has 8 heteroatoms. The van der Waals surface area contributed by atoms with Crippen LogP contribution in [-0.4, -0.2) is 79.6 Å². The molecule has 0 spiro atoms. The molecule has 190 valence electrons. The summed E-state index contributed by atoms with van der Waals surface area (Å²) in [5.74, 6) is 1.01. The van der Waals surface area contributed by atoms with E-state index in [1.54, 1.807) is 7.11 Å². The topological polar surface area (TPSA) is 99.2 Å². The van der Waals surface area contributed by atoms with Gasteiger partial charge in [-0.2, -0.15) is 0 Å². The number of ether oxygens (including phenoxy) is 1. The number of nitrogens with one attached hydrogen (secondary N) is 1. The fourth-order valence-electron chi connectivity index (χ4n) is 5.23. The summed E-state index contributed by atoms with van der Waals surface area (Å²) < 4.78 is 5.74. The van der Waals surface area contributed by atoms with Crippen molar-refractivity contribution in [2.75, 3.05) is 39.6 Å². The lowest BCUT2D eigenvalue weighted by Crippen LogP contribution is -2.47. The highest BCUT2D eigenvalue weighted by atomic mass is 16.5. The Labute approximate surface area is 203 Å². The molecule has 2 aliphatic rings. The number of rotatable bonds is 6. The third kappa shape index (κ3) is 7.27. The molecule has 1 aromatic rings. The molecule has 2 amide bonds. The Morgan fingerprint density at radius 2 is 1.74 bits per heavy atom. The first-order valence-electron chi connectivity index (χ1n) is 12.0. The molecule has 2 fully saturated rings. The molecule has 1 aliphatic heterocycles. The van der Waals surface area contributed by atoms with Crippen LogP contribution in [0.5, 0.6) is 0 Å². The number of fused-ring (bicyclic) bond motifs is 1. The Morgan fingerprint density at radius 1 is 1.15 bits per heavy atom. The molecule has 1 aromatic carbocycles. The van der Waals surface area contributed by atoms with Crippen LogP contribution in [0.4, 0.5) is 5.69 Å². The van der Waals surface area contributed by atoms with E-state index in [9.17, 15) is 9.59 Å². The van der Waals surface area contributed by atoms with Gasteiger partial charge in [-0.3, -0.25) is 14.4 Å². The highest BCUT2D eigenvalue weighted by Gasteiger charge is 2.44. The Hall–Kier alpha value is -2.45.